The van der Waals surface area contributed by atoms with Gasteiger partial charge in [0.2, 0.25) is 5.88 Å². The fourth-order valence-corrected chi connectivity index (χ4v) is 6.17. The predicted octanol–water partition coefficient (Wildman–Crippen LogP) is 4.90. The first-order chi connectivity index (χ1) is 17.7. The van der Waals surface area contributed by atoms with Crippen molar-refractivity contribution in [3.8, 4) is 11.6 Å². The molecule has 1 unspecified atom stereocenters. The molecule has 1 atom stereocenters. The van der Waals surface area contributed by atoms with Crippen LogP contribution in [-0.4, -0.2) is 51.7 Å². The topological polar surface area (TPSA) is 74.1 Å². The number of ether oxygens (including phenoxy) is 2. The molecule has 36 heavy (non-hydrogen) atoms. The van der Waals surface area contributed by atoms with E-state index in [-0.39, 0.29) is 6.10 Å². The number of benzene rings is 1. The Bertz CT molecular complexity index is 1160. The molecule has 190 valence electrons. The molecule has 4 heterocycles. The SMILES string of the molecule is Clc1ccc2c(c1)CC(CNC1CCOCC1)Cc1nnc(C3CCC(Oc4ccccn4)CC3)n1-2. The summed E-state index contributed by atoms with van der Waals surface area (Å²) in [5, 5.41) is 14.1. The molecule has 3 aromatic rings. The van der Waals surface area contributed by atoms with Crippen LogP contribution in [0.4, 0.5) is 0 Å². The second-order valence-corrected chi connectivity index (χ2v) is 10.8. The molecule has 1 aliphatic carbocycles. The van der Waals surface area contributed by atoms with Gasteiger partial charge < -0.3 is 14.8 Å². The molecule has 2 aliphatic heterocycles. The van der Waals surface area contributed by atoms with Crippen molar-refractivity contribution in [2.75, 3.05) is 19.8 Å². The van der Waals surface area contributed by atoms with Gasteiger partial charge in [0.15, 0.2) is 0 Å². The highest BCUT2D eigenvalue weighted by Crippen LogP contribution is 2.37. The molecule has 1 saturated carbocycles. The van der Waals surface area contributed by atoms with Crippen LogP contribution in [0.3, 0.4) is 0 Å². The van der Waals surface area contributed by atoms with Crippen molar-refractivity contribution in [3.05, 3.63) is 64.8 Å². The van der Waals surface area contributed by atoms with E-state index in [1.807, 2.05) is 24.3 Å². The Kier molecular flexibility index (Phi) is 7.21. The first kappa shape index (κ1) is 23.9. The number of hydrogen-bond donors (Lipinski definition) is 1. The molecule has 3 aliphatic rings. The first-order valence-electron chi connectivity index (χ1n) is 13.3. The highest BCUT2D eigenvalue weighted by Gasteiger charge is 2.32. The van der Waals surface area contributed by atoms with Gasteiger partial charge in [0.05, 0.1) is 5.69 Å². The number of nitrogens with one attached hydrogen (secondary N) is 1. The maximum Gasteiger partial charge on any atom is 0.213 e. The van der Waals surface area contributed by atoms with Crippen LogP contribution in [0.2, 0.25) is 5.02 Å². The van der Waals surface area contributed by atoms with Gasteiger partial charge in [0, 0.05) is 48.9 Å². The number of rotatable bonds is 6. The molecule has 0 radical (unpaired) electrons. The van der Waals surface area contributed by atoms with Crippen LogP contribution in [0.25, 0.3) is 5.69 Å². The summed E-state index contributed by atoms with van der Waals surface area (Å²) in [6.07, 6.45) is 10.1. The lowest BCUT2D eigenvalue weighted by Gasteiger charge is -2.28. The molecule has 1 N–H and O–H groups in total. The van der Waals surface area contributed by atoms with E-state index in [1.54, 1.807) is 6.20 Å². The van der Waals surface area contributed by atoms with Gasteiger partial charge in [0.1, 0.15) is 17.8 Å². The van der Waals surface area contributed by atoms with E-state index >= 15 is 0 Å². The molecule has 1 aromatic carbocycles. The molecular weight excluding hydrogens is 474 g/mol. The number of nitrogens with zero attached hydrogens (tertiary/aromatic N) is 4. The minimum atomic E-state index is 0.203. The van der Waals surface area contributed by atoms with Crippen molar-refractivity contribution in [1.29, 1.82) is 0 Å². The molecule has 1 saturated heterocycles. The van der Waals surface area contributed by atoms with Gasteiger partial charge in [-0.3, -0.25) is 4.57 Å². The summed E-state index contributed by atoms with van der Waals surface area (Å²) in [5.41, 5.74) is 2.48. The van der Waals surface area contributed by atoms with Crippen molar-refractivity contribution in [2.45, 2.75) is 69.4 Å². The van der Waals surface area contributed by atoms with Gasteiger partial charge in [-0.25, -0.2) is 4.98 Å². The second-order valence-electron chi connectivity index (χ2n) is 10.4. The lowest BCUT2D eigenvalue weighted by molar-refractivity contribution is 0.0769. The summed E-state index contributed by atoms with van der Waals surface area (Å²) in [6, 6.07) is 12.6. The van der Waals surface area contributed by atoms with Crippen molar-refractivity contribution >= 4 is 11.6 Å². The number of hydrogen-bond acceptors (Lipinski definition) is 6. The van der Waals surface area contributed by atoms with Crippen LogP contribution in [0, 0.1) is 5.92 Å². The van der Waals surface area contributed by atoms with E-state index in [4.69, 9.17) is 31.3 Å². The number of fused-ring (bicyclic) bond motifs is 3. The maximum atomic E-state index is 6.46. The average molecular weight is 508 g/mol. The van der Waals surface area contributed by atoms with Crippen LogP contribution in [0.1, 0.15) is 61.7 Å². The van der Waals surface area contributed by atoms with Gasteiger partial charge in [-0.05, 0) is 87.2 Å². The van der Waals surface area contributed by atoms with Gasteiger partial charge in [-0.1, -0.05) is 17.7 Å². The maximum absolute atomic E-state index is 6.46. The minimum Gasteiger partial charge on any atom is -0.474 e. The van der Waals surface area contributed by atoms with E-state index in [0.717, 1.165) is 87.8 Å². The monoisotopic (exact) mass is 507 g/mol. The molecule has 2 aromatic heterocycles. The zero-order chi connectivity index (χ0) is 24.3. The fourth-order valence-electron chi connectivity index (χ4n) is 5.97. The van der Waals surface area contributed by atoms with E-state index in [2.05, 4.69) is 27.0 Å². The lowest BCUT2D eigenvalue weighted by Crippen LogP contribution is -2.38. The third kappa shape index (κ3) is 5.29. The van der Waals surface area contributed by atoms with Crippen molar-refractivity contribution < 1.29 is 9.47 Å². The summed E-state index contributed by atoms with van der Waals surface area (Å²) in [6.45, 7) is 2.68. The second kappa shape index (κ2) is 10.9. The Morgan fingerprint density at radius 2 is 1.86 bits per heavy atom. The van der Waals surface area contributed by atoms with E-state index in [0.29, 0.717) is 23.8 Å². The highest BCUT2D eigenvalue weighted by atomic mass is 35.5. The summed E-state index contributed by atoms with van der Waals surface area (Å²) in [7, 11) is 0. The van der Waals surface area contributed by atoms with Crippen molar-refractivity contribution in [3.63, 3.8) is 0 Å². The highest BCUT2D eigenvalue weighted by molar-refractivity contribution is 6.30. The number of halogens is 1. The predicted molar refractivity (Wildman–Crippen MR) is 139 cm³/mol. The fraction of sp³-hybridized carbons (Fsp3) is 0.536. The molecule has 0 bridgehead atoms. The Morgan fingerprint density at radius 3 is 2.67 bits per heavy atom. The molecular formula is C28H34ClN5O2. The van der Waals surface area contributed by atoms with Crippen LogP contribution in [-0.2, 0) is 17.6 Å². The molecule has 0 amide bonds. The third-order valence-corrected chi connectivity index (χ3v) is 8.13. The standard InChI is InChI=1S/C28H34ClN5O2/c29-22-6-9-25-21(17-22)15-19(18-31-23-10-13-35-14-11-23)16-26-32-33-28(34(25)26)20-4-7-24(8-5-20)36-27-3-1-2-12-30-27/h1-3,6,9,12,17,19-20,23-24,31H,4-5,7-8,10-11,13-16,18H2. The molecule has 7 nitrogen and oxygen atoms in total. The van der Waals surface area contributed by atoms with Gasteiger partial charge in [-0.15, -0.1) is 10.2 Å². The van der Waals surface area contributed by atoms with Crippen molar-refractivity contribution in [2.24, 2.45) is 5.92 Å². The minimum absolute atomic E-state index is 0.203. The number of pyridine rings is 1. The zero-order valence-electron chi connectivity index (χ0n) is 20.6. The quantitative estimate of drug-likeness (QED) is 0.511. The van der Waals surface area contributed by atoms with Crippen LogP contribution >= 0.6 is 11.6 Å². The number of aromatic nitrogens is 4. The summed E-state index contributed by atoms with van der Waals surface area (Å²) >= 11 is 6.46. The summed E-state index contributed by atoms with van der Waals surface area (Å²) in [5.74, 6) is 3.68. The molecule has 8 heteroatoms. The lowest BCUT2D eigenvalue weighted by atomic mass is 9.86. The van der Waals surface area contributed by atoms with E-state index in [9.17, 15) is 0 Å². The molecule has 0 spiro atoms. The summed E-state index contributed by atoms with van der Waals surface area (Å²) < 4.78 is 14.0. The van der Waals surface area contributed by atoms with Gasteiger partial charge in [-0.2, -0.15) is 0 Å². The zero-order valence-corrected chi connectivity index (χ0v) is 21.4. The van der Waals surface area contributed by atoms with Crippen LogP contribution in [0.15, 0.2) is 42.6 Å². The van der Waals surface area contributed by atoms with Crippen molar-refractivity contribution in [1.82, 2.24) is 25.1 Å². The normalized spacial score (nSPS) is 24.5. The van der Waals surface area contributed by atoms with E-state index in [1.165, 1.54) is 11.3 Å². The largest absolute Gasteiger partial charge is 0.474 e. The van der Waals surface area contributed by atoms with E-state index < -0.39 is 0 Å². The Balaban J connectivity index is 1.19. The first-order valence-corrected chi connectivity index (χ1v) is 13.7. The Hall–Kier alpha value is -2.48. The van der Waals surface area contributed by atoms with Crippen LogP contribution < -0.4 is 10.1 Å². The molecule has 6 rings (SSSR count). The average Bonchev–Trinajstić information content (AvgIpc) is 3.25. The Morgan fingerprint density at radius 1 is 1.00 bits per heavy atom. The third-order valence-electron chi connectivity index (χ3n) is 7.90. The van der Waals surface area contributed by atoms with Gasteiger partial charge >= 0.3 is 0 Å². The Labute approximate surface area is 217 Å². The summed E-state index contributed by atoms with van der Waals surface area (Å²) in [4.78, 5) is 4.32. The van der Waals surface area contributed by atoms with Gasteiger partial charge in [0.25, 0.3) is 0 Å². The van der Waals surface area contributed by atoms with Crippen LogP contribution in [0.5, 0.6) is 5.88 Å². The molecule has 2 fully saturated rings. The smallest absolute Gasteiger partial charge is 0.213 e.